The predicted molar refractivity (Wildman–Crippen MR) is 66.0 cm³/mol. The lowest BCUT2D eigenvalue weighted by Gasteiger charge is -2.23. The number of thiocarbonyl (C=S) groups is 1. The van der Waals surface area contributed by atoms with Gasteiger partial charge in [-0.15, -0.1) is 0 Å². The molecular weight excluding hydrogens is 206 g/mol. The molecule has 0 aliphatic carbocycles. The maximum absolute atomic E-state index is 4.98. The number of benzene rings is 1. The molecule has 3 nitrogen and oxygen atoms in total. The number of hydrazone groups is 1. The standard InChI is InChI=1S/C11H13N3S/c1-7-4-3-5-9(6-7)10-8(2)12-11(15)14-13-10/h3-6,8H,1-2H3,(H2,12,14,15). The van der Waals surface area contributed by atoms with Crippen molar-refractivity contribution in [2.24, 2.45) is 5.10 Å². The smallest absolute Gasteiger partial charge is 0.187 e. The molecule has 0 amide bonds. The Morgan fingerprint density at radius 2 is 2.20 bits per heavy atom. The van der Waals surface area contributed by atoms with E-state index in [-0.39, 0.29) is 6.04 Å². The van der Waals surface area contributed by atoms with Crippen molar-refractivity contribution in [3.8, 4) is 0 Å². The Morgan fingerprint density at radius 1 is 1.40 bits per heavy atom. The maximum Gasteiger partial charge on any atom is 0.187 e. The Bertz CT molecular complexity index is 426. The van der Waals surface area contributed by atoms with Gasteiger partial charge in [-0.05, 0) is 26.1 Å². The van der Waals surface area contributed by atoms with Gasteiger partial charge in [0, 0.05) is 5.56 Å². The van der Waals surface area contributed by atoms with Crippen LogP contribution in [0.25, 0.3) is 0 Å². The predicted octanol–water partition coefficient (Wildman–Crippen LogP) is 1.57. The van der Waals surface area contributed by atoms with E-state index in [1.54, 1.807) is 0 Å². The number of nitrogens with one attached hydrogen (secondary N) is 2. The molecule has 2 N–H and O–H groups in total. The quantitative estimate of drug-likeness (QED) is 0.704. The Hall–Kier alpha value is -1.42. The molecule has 1 unspecified atom stereocenters. The average molecular weight is 219 g/mol. The maximum atomic E-state index is 4.98. The van der Waals surface area contributed by atoms with Crippen molar-refractivity contribution < 1.29 is 0 Å². The Balaban J connectivity index is 2.35. The first-order chi connectivity index (χ1) is 7.16. The molecule has 1 atom stereocenters. The summed E-state index contributed by atoms with van der Waals surface area (Å²) >= 11 is 4.98. The molecule has 0 fully saturated rings. The lowest BCUT2D eigenvalue weighted by atomic mass is 10.0. The molecule has 0 spiro atoms. The molecule has 0 saturated heterocycles. The Kier molecular flexibility index (Phi) is 2.68. The normalized spacial score (nSPS) is 20.3. The molecule has 1 aromatic rings. The van der Waals surface area contributed by atoms with Crippen molar-refractivity contribution in [2.45, 2.75) is 19.9 Å². The summed E-state index contributed by atoms with van der Waals surface area (Å²) in [4.78, 5) is 0. The van der Waals surface area contributed by atoms with E-state index in [9.17, 15) is 0 Å². The van der Waals surface area contributed by atoms with Crippen LogP contribution in [-0.2, 0) is 0 Å². The zero-order chi connectivity index (χ0) is 10.8. The fourth-order valence-electron chi connectivity index (χ4n) is 1.62. The monoisotopic (exact) mass is 219 g/mol. The van der Waals surface area contributed by atoms with E-state index < -0.39 is 0 Å². The highest BCUT2D eigenvalue weighted by Crippen LogP contribution is 2.09. The van der Waals surface area contributed by atoms with Crippen LogP contribution in [0.15, 0.2) is 29.4 Å². The Labute approximate surface area is 94.6 Å². The van der Waals surface area contributed by atoms with E-state index in [0.717, 1.165) is 11.3 Å². The summed E-state index contributed by atoms with van der Waals surface area (Å²) in [7, 11) is 0. The van der Waals surface area contributed by atoms with Gasteiger partial charge < -0.3 is 5.32 Å². The zero-order valence-corrected chi connectivity index (χ0v) is 9.56. The molecule has 78 valence electrons. The van der Waals surface area contributed by atoms with Gasteiger partial charge in [-0.1, -0.05) is 29.8 Å². The van der Waals surface area contributed by atoms with Crippen LogP contribution in [0.5, 0.6) is 0 Å². The fraction of sp³-hybridized carbons (Fsp3) is 0.273. The highest BCUT2D eigenvalue weighted by atomic mass is 32.1. The van der Waals surface area contributed by atoms with E-state index >= 15 is 0 Å². The van der Waals surface area contributed by atoms with E-state index in [2.05, 4.69) is 41.0 Å². The molecule has 15 heavy (non-hydrogen) atoms. The van der Waals surface area contributed by atoms with Crippen LogP contribution in [0.4, 0.5) is 0 Å². The third-order valence-electron chi connectivity index (χ3n) is 2.35. The molecule has 0 aromatic heterocycles. The number of rotatable bonds is 1. The molecule has 4 heteroatoms. The first-order valence-electron chi connectivity index (χ1n) is 4.88. The fourth-order valence-corrected chi connectivity index (χ4v) is 1.85. The van der Waals surface area contributed by atoms with Crippen molar-refractivity contribution in [2.75, 3.05) is 0 Å². The van der Waals surface area contributed by atoms with Crippen LogP contribution in [-0.4, -0.2) is 16.9 Å². The van der Waals surface area contributed by atoms with Gasteiger partial charge >= 0.3 is 0 Å². The molecule has 1 aliphatic heterocycles. The Morgan fingerprint density at radius 3 is 2.87 bits per heavy atom. The van der Waals surface area contributed by atoms with Crippen molar-refractivity contribution in [3.05, 3.63) is 35.4 Å². The van der Waals surface area contributed by atoms with Crippen molar-refractivity contribution in [3.63, 3.8) is 0 Å². The second kappa shape index (κ2) is 3.98. The minimum Gasteiger partial charge on any atom is -0.353 e. The van der Waals surface area contributed by atoms with Crippen molar-refractivity contribution >= 4 is 23.0 Å². The van der Waals surface area contributed by atoms with E-state index in [1.165, 1.54) is 5.56 Å². The number of hydrogen-bond acceptors (Lipinski definition) is 2. The molecule has 1 aliphatic rings. The van der Waals surface area contributed by atoms with Gasteiger partial charge in [0.1, 0.15) is 0 Å². The highest BCUT2D eigenvalue weighted by molar-refractivity contribution is 7.80. The van der Waals surface area contributed by atoms with Crippen LogP contribution in [0.3, 0.4) is 0 Å². The number of aryl methyl sites for hydroxylation is 1. The summed E-state index contributed by atoms with van der Waals surface area (Å²) < 4.78 is 0. The first kappa shape index (κ1) is 10.1. The topological polar surface area (TPSA) is 36.4 Å². The molecule has 0 saturated carbocycles. The van der Waals surface area contributed by atoms with Gasteiger partial charge in [-0.2, -0.15) is 5.10 Å². The third kappa shape index (κ3) is 2.15. The third-order valence-corrected chi connectivity index (χ3v) is 2.56. The van der Waals surface area contributed by atoms with Crippen LogP contribution >= 0.6 is 12.2 Å². The molecular formula is C11H13N3S. The van der Waals surface area contributed by atoms with Gasteiger partial charge in [0.05, 0.1) is 11.8 Å². The first-order valence-corrected chi connectivity index (χ1v) is 5.29. The second-order valence-electron chi connectivity index (χ2n) is 3.67. The largest absolute Gasteiger partial charge is 0.353 e. The van der Waals surface area contributed by atoms with Gasteiger partial charge in [0.2, 0.25) is 0 Å². The molecule has 1 aromatic carbocycles. The van der Waals surface area contributed by atoms with Gasteiger partial charge in [0.15, 0.2) is 5.11 Å². The molecule has 2 rings (SSSR count). The SMILES string of the molecule is Cc1cccc(C2=NNC(=S)NC2C)c1. The molecule has 1 heterocycles. The highest BCUT2D eigenvalue weighted by Gasteiger charge is 2.18. The summed E-state index contributed by atoms with van der Waals surface area (Å²) in [6.45, 7) is 4.12. The van der Waals surface area contributed by atoms with E-state index in [1.807, 2.05) is 13.0 Å². The van der Waals surface area contributed by atoms with Gasteiger partial charge in [-0.25, -0.2) is 0 Å². The lowest BCUT2D eigenvalue weighted by molar-refractivity contribution is 0.771. The molecule has 0 radical (unpaired) electrons. The lowest BCUT2D eigenvalue weighted by Crippen LogP contribution is -2.48. The van der Waals surface area contributed by atoms with Crippen LogP contribution in [0.1, 0.15) is 18.1 Å². The zero-order valence-electron chi connectivity index (χ0n) is 8.74. The summed E-state index contributed by atoms with van der Waals surface area (Å²) in [6.07, 6.45) is 0. The summed E-state index contributed by atoms with van der Waals surface area (Å²) in [6, 6.07) is 8.43. The van der Waals surface area contributed by atoms with Gasteiger partial charge in [-0.3, -0.25) is 5.43 Å². The molecule has 0 bridgehead atoms. The number of nitrogens with zero attached hydrogens (tertiary/aromatic N) is 1. The van der Waals surface area contributed by atoms with E-state index in [4.69, 9.17) is 12.2 Å². The average Bonchev–Trinajstić information content (AvgIpc) is 2.17. The van der Waals surface area contributed by atoms with Crippen LogP contribution in [0, 0.1) is 6.92 Å². The van der Waals surface area contributed by atoms with Crippen LogP contribution in [0.2, 0.25) is 0 Å². The number of hydrogen-bond donors (Lipinski definition) is 2. The van der Waals surface area contributed by atoms with Crippen LogP contribution < -0.4 is 10.7 Å². The summed E-state index contributed by atoms with van der Waals surface area (Å²) in [5, 5.41) is 7.98. The van der Waals surface area contributed by atoms with Crippen molar-refractivity contribution in [1.82, 2.24) is 10.7 Å². The summed E-state index contributed by atoms with van der Waals surface area (Å²) in [5.41, 5.74) is 6.14. The van der Waals surface area contributed by atoms with Crippen molar-refractivity contribution in [1.29, 1.82) is 0 Å². The minimum atomic E-state index is 0.153. The summed E-state index contributed by atoms with van der Waals surface area (Å²) in [5.74, 6) is 0. The van der Waals surface area contributed by atoms with E-state index in [0.29, 0.717) is 5.11 Å². The second-order valence-corrected chi connectivity index (χ2v) is 4.08. The minimum absolute atomic E-state index is 0.153. The van der Waals surface area contributed by atoms with Gasteiger partial charge in [0.25, 0.3) is 0 Å².